The first kappa shape index (κ1) is 14.9. The summed E-state index contributed by atoms with van der Waals surface area (Å²) < 4.78 is 5.72. The molecule has 0 fully saturated rings. The van der Waals surface area contributed by atoms with Gasteiger partial charge in [-0.2, -0.15) is 0 Å². The van der Waals surface area contributed by atoms with Crippen LogP contribution in [0.15, 0.2) is 54.6 Å². The molecule has 0 N–H and O–H groups in total. The number of terminal acetylenes is 1. The molecule has 2 aromatic rings. The maximum absolute atomic E-state index is 12.0. The number of hydrogen-bond donors (Lipinski definition) is 0. The Morgan fingerprint density at radius 1 is 1.10 bits per heavy atom. The van der Waals surface area contributed by atoms with Crippen molar-refractivity contribution >= 4 is 5.78 Å². The van der Waals surface area contributed by atoms with Gasteiger partial charge in [0, 0.05) is 18.4 Å². The van der Waals surface area contributed by atoms with Crippen molar-refractivity contribution in [3.8, 4) is 18.1 Å². The number of ether oxygens (including phenoxy) is 1. The summed E-state index contributed by atoms with van der Waals surface area (Å²) in [7, 11) is 0. The van der Waals surface area contributed by atoms with Crippen LogP contribution in [0.3, 0.4) is 0 Å². The second kappa shape index (κ2) is 7.91. The van der Waals surface area contributed by atoms with Crippen molar-refractivity contribution in [2.75, 3.05) is 0 Å². The highest BCUT2D eigenvalue weighted by Gasteiger charge is 2.06. The molecule has 0 aromatic heterocycles. The zero-order chi connectivity index (χ0) is 14.9. The molecular weight excluding hydrogens is 260 g/mol. The minimum Gasteiger partial charge on any atom is -0.489 e. The van der Waals surface area contributed by atoms with E-state index in [0.29, 0.717) is 30.8 Å². The first-order valence-corrected chi connectivity index (χ1v) is 7.03. The molecule has 0 aliphatic heterocycles. The fraction of sp³-hybridized carbons (Fsp3) is 0.211. The molecule has 0 spiro atoms. The van der Waals surface area contributed by atoms with Gasteiger partial charge in [-0.1, -0.05) is 42.5 Å². The highest BCUT2D eigenvalue weighted by Crippen LogP contribution is 2.17. The van der Waals surface area contributed by atoms with Crippen LogP contribution in [0.1, 0.15) is 35.2 Å². The van der Waals surface area contributed by atoms with E-state index in [9.17, 15) is 4.79 Å². The number of rotatable bonds is 7. The van der Waals surface area contributed by atoms with Gasteiger partial charge in [0.1, 0.15) is 12.4 Å². The number of ketones is 1. The standard InChI is InChI=1S/C19H18O2/c1-2-3-5-13-19(20)17-11-8-12-18(14-17)21-15-16-9-6-4-7-10-16/h1,4,6-12,14H,3,5,13,15H2. The predicted molar refractivity (Wildman–Crippen MR) is 84.2 cm³/mol. The maximum atomic E-state index is 12.0. The van der Waals surface area contributed by atoms with Crippen molar-refractivity contribution in [3.63, 3.8) is 0 Å². The van der Waals surface area contributed by atoms with Crippen LogP contribution in [0, 0.1) is 12.3 Å². The highest BCUT2D eigenvalue weighted by molar-refractivity contribution is 5.96. The molecule has 0 amide bonds. The summed E-state index contributed by atoms with van der Waals surface area (Å²) in [5.41, 5.74) is 1.78. The lowest BCUT2D eigenvalue weighted by molar-refractivity contribution is 0.0980. The monoisotopic (exact) mass is 278 g/mol. The molecule has 2 rings (SSSR count). The van der Waals surface area contributed by atoms with Crippen LogP contribution < -0.4 is 4.74 Å². The Morgan fingerprint density at radius 3 is 2.67 bits per heavy atom. The molecule has 2 aromatic carbocycles. The van der Waals surface area contributed by atoms with Gasteiger partial charge in [-0.15, -0.1) is 12.3 Å². The van der Waals surface area contributed by atoms with Crippen molar-refractivity contribution in [2.24, 2.45) is 0 Å². The zero-order valence-corrected chi connectivity index (χ0v) is 11.9. The van der Waals surface area contributed by atoms with Crippen LogP contribution in [0.2, 0.25) is 0 Å². The summed E-state index contributed by atoms with van der Waals surface area (Å²) in [6.07, 6.45) is 7.03. The van der Waals surface area contributed by atoms with Gasteiger partial charge >= 0.3 is 0 Å². The number of carbonyl (C=O) groups excluding carboxylic acids is 1. The third kappa shape index (κ3) is 4.81. The van der Waals surface area contributed by atoms with Crippen molar-refractivity contribution < 1.29 is 9.53 Å². The van der Waals surface area contributed by atoms with E-state index < -0.39 is 0 Å². The Morgan fingerprint density at radius 2 is 1.90 bits per heavy atom. The smallest absolute Gasteiger partial charge is 0.163 e. The third-order valence-corrected chi connectivity index (χ3v) is 3.13. The van der Waals surface area contributed by atoms with Gasteiger partial charge in [0.25, 0.3) is 0 Å². The lowest BCUT2D eigenvalue weighted by Gasteiger charge is -2.07. The van der Waals surface area contributed by atoms with Crippen LogP contribution in [-0.4, -0.2) is 5.78 Å². The average molecular weight is 278 g/mol. The summed E-state index contributed by atoms with van der Waals surface area (Å²) in [6, 6.07) is 17.3. The molecule has 0 unspecified atom stereocenters. The molecule has 0 atom stereocenters. The summed E-state index contributed by atoms with van der Waals surface area (Å²) in [5.74, 6) is 3.36. The van der Waals surface area contributed by atoms with Gasteiger partial charge in [0.05, 0.1) is 0 Å². The number of carbonyl (C=O) groups is 1. The topological polar surface area (TPSA) is 26.3 Å². The van der Waals surface area contributed by atoms with Gasteiger partial charge < -0.3 is 4.74 Å². The second-order valence-electron chi connectivity index (χ2n) is 4.78. The molecule has 0 saturated heterocycles. The SMILES string of the molecule is C#CCCCC(=O)c1cccc(OCc2ccccc2)c1. The van der Waals surface area contributed by atoms with Gasteiger partial charge in [0.2, 0.25) is 0 Å². The fourth-order valence-electron chi connectivity index (χ4n) is 2.00. The van der Waals surface area contributed by atoms with Crippen LogP contribution in [0.5, 0.6) is 5.75 Å². The molecule has 0 saturated carbocycles. The molecule has 21 heavy (non-hydrogen) atoms. The van der Waals surface area contributed by atoms with Crippen molar-refractivity contribution in [2.45, 2.75) is 25.9 Å². The normalized spacial score (nSPS) is 9.86. The Hall–Kier alpha value is -2.53. The number of unbranched alkanes of at least 4 members (excludes halogenated alkanes) is 1. The second-order valence-corrected chi connectivity index (χ2v) is 4.78. The minimum atomic E-state index is 0.107. The molecule has 0 aliphatic rings. The van der Waals surface area contributed by atoms with E-state index in [4.69, 9.17) is 11.2 Å². The Balaban J connectivity index is 1.94. The molecule has 106 valence electrons. The van der Waals surface area contributed by atoms with E-state index in [1.54, 1.807) is 6.07 Å². The summed E-state index contributed by atoms with van der Waals surface area (Å²) in [6.45, 7) is 0.496. The number of Topliss-reactive ketones (excluding diaryl/α,β-unsaturated/α-hetero) is 1. The molecule has 0 aliphatic carbocycles. The predicted octanol–water partition coefficient (Wildman–Crippen LogP) is 4.25. The zero-order valence-electron chi connectivity index (χ0n) is 11.9. The summed E-state index contributed by atoms with van der Waals surface area (Å²) in [5, 5.41) is 0. The van der Waals surface area contributed by atoms with Crippen molar-refractivity contribution in [1.82, 2.24) is 0 Å². The summed E-state index contributed by atoms with van der Waals surface area (Å²) in [4.78, 5) is 12.0. The van der Waals surface area contributed by atoms with E-state index in [2.05, 4.69) is 5.92 Å². The van der Waals surface area contributed by atoms with E-state index in [-0.39, 0.29) is 5.78 Å². The first-order chi connectivity index (χ1) is 10.3. The Bertz CT molecular complexity index is 624. The Labute approximate surface area is 125 Å². The van der Waals surface area contributed by atoms with Gasteiger partial charge in [0.15, 0.2) is 5.78 Å². The van der Waals surface area contributed by atoms with Crippen LogP contribution in [0.25, 0.3) is 0 Å². The first-order valence-electron chi connectivity index (χ1n) is 7.03. The highest BCUT2D eigenvalue weighted by atomic mass is 16.5. The molecule has 0 bridgehead atoms. The van der Waals surface area contributed by atoms with E-state index in [0.717, 1.165) is 12.0 Å². The van der Waals surface area contributed by atoms with E-state index >= 15 is 0 Å². The molecule has 0 radical (unpaired) electrons. The van der Waals surface area contributed by atoms with E-state index in [1.807, 2.05) is 48.5 Å². The van der Waals surface area contributed by atoms with Crippen molar-refractivity contribution in [3.05, 3.63) is 65.7 Å². The lowest BCUT2D eigenvalue weighted by atomic mass is 10.1. The third-order valence-electron chi connectivity index (χ3n) is 3.13. The van der Waals surface area contributed by atoms with Gasteiger partial charge in [-0.3, -0.25) is 4.79 Å². The fourth-order valence-corrected chi connectivity index (χ4v) is 2.00. The molecule has 2 nitrogen and oxygen atoms in total. The van der Waals surface area contributed by atoms with Crippen LogP contribution in [0.4, 0.5) is 0 Å². The average Bonchev–Trinajstić information content (AvgIpc) is 2.54. The molecular formula is C19H18O2. The maximum Gasteiger partial charge on any atom is 0.163 e. The largest absolute Gasteiger partial charge is 0.489 e. The molecule has 0 heterocycles. The van der Waals surface area contributed by atoms with Crippen molar-refractivity contribution in [1.29, 1.82) is 0 Å². The van der Waals surface area contributed by atoms with Crippen LogP contribution in [-0.2, 0) is 6.61 Å². The number of hydrogen-bond acceptors (Lipinski definition) is 2. The van der Waals surface area contributed by atoms with E-state index in [1.165, 1.54) is 0 Å². The quantitative estimate of drug-likeness (QED) is 0.430. The minimum absolute atomic E-state index is 0.107. The number of benzene rings is 2. The van der Waals surface area contributed by atoms with Gasteiger partial charge in [-0.05, 0) is 24.1 Å². The summed E-state index contributed by atoms with van der Waals surface area (Å²) >= 11 is 0. The molecule has 2 heteroatoms. The lowest BCUT2D eigenvalue weighted by Crippen LogP contribution is -2.00. The van der Waals surface area contributed by atoms with Crippen LogP contribution >= 0.6 is 0 Å². The van der Waals surface area contributed by atoms with Gasteiger partial charge in [-0.25, -0.2) is 0 Å². The Kier molecular flexibility index (Phi) is 5.60.